The Morgan fingerprint density at radius 3 is 2.62 bits per heavy atom. The Bertz CT molecular complexity index is 269. The Balaban J connectivity index is 2.68. The van der Waals surface area contributed by atoms with E-state index in [0.29, 0.717) is 5.56 Å². The van der Waals surface area contributed by atoms with Crippen LogP contribution in [0.15, 0.2) is 30.3 Å². The van der Waals surface area contributed by atoms with Crippen LogP contribution in [0.4, 0.5) is 0 Å². The molecule has 0 spiro atoms. The minimum absolute atomic E-state index is 0.116. The van der Waals surface area contributed by atoms with Gasteiger partial charge in [-0.3, -0.25) is 4.79 Å². The summed E-state index contributed by atoms with van der Waals surface area (Å²) in [4.78, 5) is 11.5. The van der Waals surface area contributed by atoms with Gasteiger partial charge in [-0.25, -0.2) is 0 Å². The lowest BCUT2D eigenvalue weighted by atomic mass is 10.1. The molecule has 1 aromatic carbocycles. The summed E-state index contributed by atoms with van der Waals surface area (Å²) in [7, 11) is 0. The van der Waals surface area contributed by atoms with Gasteiger partial charge in [0.2, 0.25) is 0 Å². The van der Waals surface area contributed by atoms with E-state index >= 15 is 0 Å². The maximum Gasteiger partial charge on any atom is 0.191 e. The van der Waals surface area contributed by atoms with Gasteiger partial charge < -0.3 is 9.84 Å². The van der Waals surface area contributed by atoms with Crippen LogP contribution in [0.25, 0.3) is 0 Å². The van der Waals surface area contributed by atoms with Crippen molar-refractivity contribution in [1.82, 2.24) is 0 Å². The van der Waals surface area contributed by atoms with Gasteiger partial charge in [0.1, 0.15) is 12.9 Å². The van der Waals surface area contributed by atoms with E-state index in [1.807, 2.05) is 6.07 Å². The Labute approximate surface area is 77.0 Å². The first kappa shape index (κ1) is 9.89. The van der Waals surface area contributed by atoms with Crippen molar-refractivity contribution in [2.75, 3.05) is 6.79 Å². The Morgan fingerprint density at radius 2 is 2.08 bits per heavy atom. The summed E-state index contributed by atoms with van der Waals surface area (Å²) >= 11 is 0. The number of Topliss-reactive ketones (excluding diaryl/α,β-unsaturated/α-hetero) is 1. The third kappa shape index (κ3) is 2.65. The van der Waals surface area contributed by atoms with Gasteiger partial charge in [-0.1, -0.05) is 30.3 Å². The van der Waals surface area contributed by atoms with Crippen molar-refractivity contribution in [2.24, 2.45) is 0 Å². The summed E-state index contributed by atoms with van der Waals surface area (Å²) in [5.41, 5.74) is 0.600. The largest absolute Gasteiger partial charge is 0.371 e. The molecule has 1 N–H and O–H groups in total. The highest BCUT2D eigenvalue weighted by atomic mass is 16.6. The molecule has 0 fully saturated rings. The van der Waals surface area contributed by atoms with E-state index in [9.17, 15) is 4.79 Å². The molecule has 0 saturated carbocycles. The van der Waals surface area contributed by atoms with Crippen LogP contribution in [-0.2, 0) is 4.74 Å². The van der Waals surface area contributed by atoms with Crippen molar-refractivity contribution >= 4 is 5.78 Å². The molecule has 1 atom stereocenters. The number of ether oxygens (including phenoxy) is 1. The van der Waals surface area contributed by atoms with Gasteiger partial charge in [-0.05, 0) is 6.92 Å². The van der Waals surface area contributed by atoms with E-state index in [4.69, 9.17) is 9.84 Å². The molecule has 70 valence electrons. The Kier molecular flexibility index (Phi) is 3.61. The van der Waals surface area contributed by atoms with Gasteiger partial charge in [-0.15, -0.1) is 0 Å². The second kappa shape index (κ2) is 4.74. The molecule has 0 heterocycles. The van der Waals surface area contributed by atoms with Crippen LogP contribution in [0.5, 0.6) is 0 Å². The molecular formula is C10H12O3. The third-order valence-electron chi connectivity index (χ3n) is 1.75. The third-order valence-corrected chi connectivity index (χ3v) is 1.75. The summed E-state index contributed by atoms with van der Waals surface area (Å²) in [6, 6.07) is 8.87. The second-order valence-electron chi connectivity index (χ2n) is 2.67. The summed E-state index contributed by atoms with van der Waals surface area (Å²) in [6.45, 7) is 1.19. The number of aliphatic hydroxyl groups is 1. The monoisotopic (exact) mass is 180 g/mol. The second-order valence-corrected chi connectivity index (χ2v) is 2.67. The van der Waals surface area contributed by atoms with Crippen molar-refractivity contribution in [2.45, 2.75) is 13.0 Å². The van der Waals surface area contributed by atoms with Gasteiger partial charge >= 0.3 is 0 Å². The lowest BCUT2D eigenvalue weighted by Crippen LogP contribution is -2.21. The van der Waals surface area contributed by atoms with E-state index in [1.54, 1.807) is 31.2 Å². The van der Waals surface area contributed by atoms with Gasteiger partial charge in [0, 0.05) is 5.56 Å². The van der Waals surface area contributed by atoms with Crippen LogP contribution < -0.4 is 0 Å². The number of benzene rings is 1. The minimum atomic E-state index is -0.590. The fourth-order valence-corrected chi connectivity index (χ4v) is 1.02. The molecule has 0 bridgehead atoms. The van der Waals surface area contributed by atoms with Crippen molar-refractivity contribution in [1.29, 1.82) is 0 Å². The normalized spacial score (nSPS) is 12.5. The molecule has 0 amide bonds. The van der Waals surface area contributed by atoms with Crippen LogP contribution in [0, 0.1) is 0 Å². The van der Waals surface area contributed by atoms with Crippen LogP contribution in [0.2, 0.25) is 0 Å². The standard InChI is InChI=1S/C10H12O3/c1-8(13-7-11)10(12)9-5-3-2-4-6-9/h2-6,8,11H,7H2,1H3. The molecular weight excluding hydrogens is 168 g/mol. The van der Waals surface area contributed by atoms with Crippen molar-refractivity contribution in [3.63, 3.8) is 0 Å². The lowest BCUT2D eigenvalue weighted by molar-refractivity contribution is -0.0316. The summed E-state index contributed by atoms with van der Waals surface area (Å²) < 4.78 is 4.76. The topological polar surface area (TPSA) is 46.5 Å². The van der Waals surface area contributed by atoms with E-state index in [-0.39, 0.29) is 5.78 Å². The molecule has 0 aromatic heterocycles. The molecule has 0 saturated heterocycles. The summed E-state index contributed by atoms with van der Waals surface area (Å²) in [5, 5.41) is 8.46. The fraction of sp³-hybridized carbons (Fsp3) is 0.300. The van der Waals surface area contributed by atoms with E-state index in [2.05, 4.69) is 0 Å². The van der Waals surface area contributed by atoms with Gasteiger partial charge in [0.15, 0.2) is 5.78 Å². The van der Waals surface area contributed by atoms with Crippen LogP contribution >= 0.6 is 0 Å². The van der Waals surface area contributed by atoms with E-state index in [1.165, 1.54) is 0 Å². The maximum absolute atomic E-state index is 11.5. The number of ketones is 1. The van der Waals surface area contributed by atoms with Crippen LogP contribution in [0.1, 0.15) is 17.3 Å². The summed E-state index contributed by atoms with van der Waals surface area (Å²) in [6.07, 6.45) is -0.590. The first-order valence-corrected chi connectivity index (χ1v) is 4.07. The number of carbonyl (C=O) groups excluding carboxylic acids is 1. The zero-order chi connectivity index (χ0) is 9.68. The maximum atomic E-state index is 11.5. The van der Waals surface area contributed by atoms with Gasteiger partial charge in [0.25, 0.3) is 0 Å². The van der Waals surface area contributed by atoms with Crippen LogP contribution in [0.3, 0.4) is 0 Å². The molecule has 3 heteroatoms. The molecule has 1 unspecified atom stereocenters. The zero-order valence-corrected chi connectivity index (χ0v) is 7.43. The highest BCUT2D eigenvalue weighted by Crippen LogP contribution is 2.05. The quantitative estimate of drug-likeness (QED) is 0.560. The molecule has 3 nitrogen and oxygen atoms in total. The minimum Gasteiger partial charge on any atom is -0.371 e. The molecule has 1 rings (SSSR count). The number of hydrogen-bond donors (Lipinski definition) is 1. The zero-order valence-electron chi connectivity index (χ0n) is 7.43. The molecule has 0 aliphatic carbocycles. The SMILES string of the molecule is CC(OCO)C(=O)c1ccccc1. The first-order valence-electron chi connectivity index (χ1n) is 4.07. The average molecular weight is 180 g/mol. The Morgan fingerprint density at radius 1 is 1.46 bits per heavy atom. The molecule has 0 aliphatic rings. The molecule has 0 aliphatic heterocycles. The predicted molar refractivity (Wildman–Crippen MR) is 48.4 cm³/mol. The first-order chi connectivity index (χ1) is 6.25. The highest BCUT2D eigenvalue weighted by Gasteiger charge is 2.14. The Hall–Kier alpha value is -1.19. The number of aliphatic hydroxyl groups excluding tert-OH is 1. The van der Waals surface area contributed by atoms with E-state index < -0.39 is 12.9 Å². The van der Waals surface area contributed by atoms with Gasteiger partial charge in [-0.2, -0.15) is 0 Å². The predicted octanol–water partition coefficient (Wildman–Crippen LogP) is 1.22. The number of rotatable bonds is 4. The van der Waals surface area contributed by atoms with Crippen molar-refractivity contribution < 1.29 is 14.6 Å². The smallest absolute Gasteiger partial charge is 0.191 e. The van der Waals surface area contributed by atoms with Crippen molar-refractivity contribution in [3.8, 4) is 0 Å². The molecule has 13 heavy (non-hydrogen) atoms. The van der Waals surface area contributed by atoms with Crippen LogP contribution in [-0.4, -0.2) is 23.8 Å². The lowest BCUT2D eigenvalue weighted by Gasteiger charge is -2.08. The summed E-state index contributed by atoms with van der Waals surface area (Å²) in [5.74, 6) is -0.116. The average Bonchev–Trinajstić information content (AvgIpc) is 2.18. The molecule has 0 radical (unpaired) electrons. The number of carbonyl (C=O) groups is 1. The van der Waals surface area contributed by atoms with Crippen molar-refractivity contribution in [3.05, 3.63) is 35.9 Å². The van der Waals surface area contributed by atoms with Gasteiger partial charge in [0.05, 0.1) is 0 Å². The van der Waals surface area contributed by atoms with E-state index in [0.717, 1.165) is 0 Å². The molecule has 1 aromatic rings. The fourth-order valence-electron chi connectivity index (χ4n) is 1.02. The highest BCUT2D eigenvalue weighted by molar-refractivity contribution is 5.99. The number of hydrogen-bond acceptors (Lipinski definition) is 3.